The summed E-state index contributed by atoms with van der Waals surface area (Å²) in [7, 11) is 0. The fourth-order valence-corrected chi connectivity index (χ4v) is 2.92. The molecule has 0 spiro atoms. The fourth-order valence-electron chi connectivity index (χ4n) is 1.83. The minimum atomic E-state index is 0.763. The molecular weight excluding hydrogens is 214 g/mol. The first-order chi connectivity index (χ1) is 7.76. The van der Waals surface area contributed by atoms with Crippen molar-refractivity contribution in [3.8, 4) is 0 Å². The number of hydrogen-bond donors (Lipinski definition) is 1. The van der Waals surface area contributed by atoms with E-state index in [1.54, 1.807) is 0 Å². The second-order valence-corrected chi connectivity index (χ2v) is 6.70. The summed E-state index contributed by atoms with van der Waals surface area (Å²) >= 11 is 2.14. The van der Waals surface area contributed by atoms with Crippen molar-refractivity contribution in [1.82, 2.24) is 5.32 Å². The van der Waals surface area contributed by atoms with Gasteiger partial charge >= 0.3 is 0 Å². The highest BCUT2D eigenvalue weighted by molar-refractivity contribution is 7.99. The van der Waals surface area contributed by atoms with Crippen LogP contribution in [0.5, 0.6) is 0 Å². The molecule has 1 aliphatic rings. The maximum atomic E-state index is 3.71. The molecule has 96 valence electrons. The van der Waals surface area contributed by atoms with Crippen molar-refractivity contribution in [2.24, 2.45) is 5.92 Å². The maximum Gasteiger partial charge on any atom is 0.0158 e. The van der Waals surface area contributed by atoms with E-state index in [9.17, 15) is 0 Å². The number of thioether (sulfide) groups is 1. The summed E-state index contributed by atoms with van der Waals surface area (Å²) in [6, 6.07) is 0.763. The third-order valence-corrected chi connectivity index (χ3v) is 4.96. The van der Waals surface area contributed by atoms with Gasteiger partial charge in [-0.1, -0.05) is 33.6 Å². The van der Waals surface area contributed by atoms with Gasteiger partial charge in [-0.3, -0.25) is 0 Å². The largest absolute Gasteiger partial charge is 0.313 e. The Bertz CT molecular complexity index is 168. The zero-order valence-corrected chi connectivity index (χ0v) is 12.1. The van der Waals surface area contributed by atoms with Gasteiger partial charge in [-0.15, -0.1) is 0 Å². The number of nitrogens with one attached hydrogen (secondary N) is 1. The van der Waals surface area contributed by atoms with Gasteiger partial charge in [0, 0.05) is 17.0 Å². The minimum absolute atomic E-state index is 0.763. The Labute approximate surface area is 106 Å². The van der Waals surface area contributed by atoms with Gasteiger partial charge in [0.2, 0.25) is 0 Å². The smallest absolute Gasteiger partial charge is 0.0158 e. The Kier molecular flexibility index (Phi) is 7.55. The van der Waals surface area contributed by atoms with Crippen LogP contribution in [-0.4, -0.2) is 23.6 Å². The number of rotatable bonds is 10. The molecule has 2 heteroatoms. The van der Waals surface area contributed by atoms with Gasteiger partial charge < -0.3 is 5.32 Å². The van der Waals surface area contributed by atoms with Crippen LogP contribution in [0.1, 0.15) is 59.3 Å². The average molecular weight is 243 g/mol. The van der Waals surface area contributed by atoms with Crippen LogP contribution < -0.4 is 5.32 Å². The summed E-state index contributed by atoms with van der Waals surface area (Å²) in [5, 5.41) is 4.54. The molecule has 1 saturated carbocycles. The molecule has 2 unspecified atom stereocenters. The highest BCUT2D eigenvalue weighted by atomic mass is 32.2. The minimum Gasteiger partial charge on any atom is -0.313 e. The molecule has 0 aromatic carbocycles. The van der Waals surface area contributed by atoms with Crippen LogP contribution in [0.3, 0.4) is 0 Å². The first-order valence-electron chi connectivity index (χ1n) is 7.11. The third-order valence-electron chi connectivity index (χ3n) is 3.46. The lowest BCUT2D eigenvalue weighted by molar-refractivity contribution is 0.488. The van der Waals surface area contributed by atoms with Crippen LogP contribution in [0.4, 0.5) is 0 Å². The Morgan fingerprint density at radius 2 is 2.06 bits per heavy atom. The van der Waals surface area contributed by atoms with Gasteiger partial charge in [-0.25, -0.2) is 0 Å². The summed E-state index contributed by atoms with van der Waals surface area (Å²) < 4.78 is 0. The summed E-state index contributed by atoms with van der Waals surface area (Å²) in [6.45, 7) is 8.09. The topological polar surface area (TPSA) is 12.0 Å². The molecular formula is C14H29NS. The predicted molar refractivity (Wildman–Crippen MR) is 76.3 cm³/mol. The van der Waals surface area contributed by atoms with Crippen LogP contribution >= 0.6 is 11.8 Å². The standard InChI is InChI=1S/C14H29NS/c1-4-10-15-14(9-8-13-6-7-13)11-16-12(3)5-2/h12-15H,4-11H2,1-3H3. The Hall–Kier alpha value is 0.310. The van der Waals surface area contributed by atoms with Crippen LogP contribution in [0.2, 0.25) is 0 Å². The lowest BCUT2D eigenvalue weighted by Gasteiger charge is -2.20. The van der Waals surface area contributed by atoms with Crippen molar-refractivity contribution in [3.05, 3.63) is 0 Å². The highest BCUT2D eigenvalue weighted by Crippen LogP contribution is 2.34. The highest BCUT2D eigenvalue weighted by Gasteiger charge is 2.22. The summed E-state index contributed by atoms with van der Waals surface area (Å²) in [5.74, 6) is 2.39. The van der Waals surface area contributed by atoms with E-state index in [0.29, 0.717) is 0 Å². The summed E-state index contributed by atoms with van der Waals surface area (Å²) in [6.07, 6.45) is 8.41. The van der Waals surface area contributed by atoms with Gasteiger partial charge in [-0.2, -0.15) is 11.8 Å². The molecule has 1 nitrogen and oxygen atoms in total. The monoisotopic (exact) mass is 243 g/mol. The first kappa shape index (κ1) is 14.4. The van der Waals surface area contributed by atoms with Crippen molar-refractivity contribution < 1.29 is 0 Å². The normalized spacial score (nSPS) is 19.7. The molecule has 1 aliphatic carbocycles. The quantitative estimate of drug-likeness (QED) is 0.620. The van der Waals surface area contributed by atoms with E-state index in [4.69, 9.17) is 0 Å². The van der Waals surface area contributed by atoms with Crippen LogP contribution in [0.25, 0.3) is 0 Å². The molecule has 0 amide bonds. The van der Waals surface area contributed by atoms with E-state index in [0.717, 1.165) is 17.2 Å². The Morgan fingerprint density at radius 1 is 1.31 bits per heavy atom. The van der Waals surface area contributed by atoms with Gasteiger partial charge in [0.25, 0.3) is 0 Å². The predicted octanol–water partition coefficient (Wildman–Crippen LogP) is 4.08. The van der Waals surface area contributed by atoms with E-state index in [1.165, 1.54) is 50.8 Å². The molecule has 1 rings (SSSR count). The molecule has 0 bridgehead atoms. The Balaban J connectivity index is 2.13. The van der Waals surface area contributed by atoms with Crippen molar-refractivity contribution in [1.29, 1.82) is 0 Å². The second kappa shape index (κ2) is 8.41. The fraction of sp³-hybridized carbons (Fsp3) is 1.00. The molecule has 16 heavy (non-hydrogen) atoms. The SMILES string of the molecule is CCCNC(CCC1CC1)CSC(C)CC. The lowest BCUT2D eigenvalue weighted by atomic mass is 10.1. The van der Waals surface area contributed by atoms with Gasteiger partial charge in [0.15, 0.2) is 0 Å². The second-order valence-electron chi connectivity index (χ2n) is 5.22. The third kappa shape index (κ3) is 6.80. The van der Waals surface area contributed by atoms with Crippen LogP contribution in [0, 0.1) is 5.92 Å². The van der Waals surface area contributed by atoms with Crippen molar-refractivity contribution in [3.63, 3.8) is 0 Å². The van der Waals surface area contributed by atoms with E-state index in [2.05, 4.69) is 37.8 Å². The summed E-state index contributed by atoms with van der Waals surface area (Å²) in [4.78, 5) is 0. The molecule has 0 aromatic rings. The first-order valence-corrected chi connectivity index (χ1v) is 8.16. The Morgan fingerprint density at radius 3 is 2.62 bits per heavy atom. The van der Waals surface area contributed by atoms with E-state index in [-0.39, 0.29) is 0 Å². The number of hydrogen-bond acceptors (Lipinski definition) is 2. The van der Waals surface area contributed by atoms with E-state index >= 15 is 0 Å². The molecule has 0 saturated heterocycles. The zero-order valence-electron chi connectivity index (χ0n) is 11.3. The average Bonchev–Trinajstić information content (AvgIpc) is 3.11. The van der Waals surface area contributed by atoms with Crippen LogP contribution in [0.15, 0.2) is 0 Å². The molecule has 0 heterocycles. The molecule has 0 radical (unpaired) electrons. The molecule has 1 N–H and O–H groups in total. The molecule has 0 aliphatic heterocycles. The van der Waals surface area contributed by atoms with Crippen molar-refractivity contribution in [2.45, 2.75) is 70.6 Å². The van der Waals surface area contributed by atoms with Gasteiger partial charge in [0.05, 0.1) is 0 Å². The van der Waals surface area contributed by atoms with Gasteiger partial charge in [-0.05, 0) is 38.1 Å². The summed E-state index contributed by atoms with van der Waals surface area (Å²) in [5.41, 5.74) is 0. The van der Waals surface area contributed by atoms with Crippen LogP contribution in [-0.2, 0) is 0 Å². The maximum absolute atomic E-state index is 3.71. The lowest BCUT2D eigenvalue weighted by Crippen LogP contribution is -2.32. The molecule has 1 fully saturated rings. The van der Waals surface area contributed by atoms with E-state index < -0.39 is 0 Å². The van der Waals surface area contributed by atoms with Crippen molar-refractivity contribution >= 4 is 11.8 Å². The molecule has 0 aromatic heterocycles. The van der Waals surface area contributed by atoms with Crippen molar-refractivity contribution in [2.75, 3.05) is 12.3 Å². The van der Waals surface area contributed by atoms with Gasteiger partial charge in [0.1, 0.15) is 0 Å². The molecule has 2 atom stereocenters. The zero-order chi connectivity index (χ0) is 11.8. The van der Waals surface area contributed by atoms with E-state index in [1.807, 2.05) is 0 Å².